The van der Waals surface area contributed by atoms with E-state index >= 15 is 0 Å². The standard InChI is InChI=1S/C14H17Cl2NO/c1-10-11(3-2-4-12(10)16)13(18)17-9-14(5-6-14)7-8-15/h2-4H,5-9H2,1H3,(H,17,18). The van der Waals surface area contributed by atoms with Crippen molar-refractivity contribution in [3.8, 4) is 0 Å². The second-order valence-corrected chi connectivity index (χ2v) is 5.82. The molecule has 1 aliphatic rings. The summed E-state index contributed by atoms with van der Waals surface area (Å²) in [7, 11) is 0. The zero-order chi connectivity index (χ0) is 13.2. The molecule has 0 spiro atoms. The highest BCUT2D eigenvalue weighted by Gasteiger charge is 2.41. The van der Waals surface area contributed by atoms with Crippen molar-refractivity contribution >= 4 is 29.1 Å². The van der Waals surface area contributed by atoms with E-state index in [2.05, 4.69) is 5.32 Å². The molecule has 2 rings (SSSR count). The van der Waals surface area contributed by atoms with Gasteiger partial charge in [0, 0.05) is 23.0 Å². The molecule has 1 amide bonds. The third-order valence-electron chi connectivity index (χ3n) is 3.72. The molecule has 18 heavy (non-hydrogen) atoms. The quantitative estimate of drug-likeness (QED) is 0.820. The van der Waals surface area contributed by atoms with Crippen molar-refractivity contribution in [3.63, 3.8) is 0 Å². The van der Waals surface area contributed by atoms with Crippen molar-refractivity contribution in [2.24, 2.45) is 5.41 Å². The largest absolute Gasteiger partial charge is 0.351 e. The van der Waals surface area contributed by atoms with Gasteiger partial charge in [0.2, 0.25) is 0 Å². The third kappa shape index (κ3) is 2.99. The average Bonchev–Trinajstić information content (AvgIpc) is 3.11. The number of halogens is 2. The summed E-state index contributed by atoms with van der Waals surface area (Å²) in [5.74, 6) is 0.613. The van der Waals surface area contributed by atoms with Crippen LogP contribution in [-0.4, -0.2) is 18.3 Å². The van der Waals surface area contributed by atoms with Gasteiger partial charge in [0.25, 0.3) is 5.91 Å². The minimum Gasteiger partial charge on any atom is -0.351 e. The lowest BCUT2D eigenvalue weighted by atomic mass is 10.0. The Kier molecular flexibility index (Phi) is 4.18. The molecule has 0 unspecified atom stereocenters. The summed E-state index contributed by atoms with van der Waals surface area (Å²) in [6.07, 6.45) is 3.30. The van der Waals surface area contributed by atoms with E-state index in [1.165, 1.54) is 0 Å². The number of nitrogens with one attached hydrogen (secondary N) is 1. The van der Waals surface area contributed by atoms with Crippen molar-refractivity contribution in [1.29, 1.82) is 0 Å². The van der Waals surface area contributed by atoms with E-state index in [1.807, 2.05) is 6.92 Å². The molecule has 1 aromatic carbocycles. The van der Waals surface area contributed by atoms with Gasteiger partial charge in [0.1, 0.15) is 0 Å². The first-order valence-electron chi connectivity index (χ1n) is 6.17. The molecule has 1 aromatic rings. The van der Waals surface area contributed by atoms with Gasteiger partial charge in [-0.25, -0.2) is 0 Å². The fourth-order valence-corrected chi connectivity index (χ4v) is 2.68. The fourth-order valence-electron chi connectivity index (χ4n) is 2.11. The van der Waals surface area contributed by atoms with Crippen LogP contribution in [0.25, 0.3) is 0 Å². The van der Waals surface area contributed by atoms with Gasteiger partial charge in [-0.05, 0) is 49.3 Å². The summed E-state index contributed by atoms with van der Waals surface area (Å²) in [4.78, 5) is 12.1. The number of carbonyl (C=O) groups excluding carboxylic acids is 1. The highest BCUT2D eigenvalue weighted by Crippen LogP contribution is 2.48. The van der Waals surface area contributed by atoms with Gasteiger partial charge in [0.15, 0.2) is 0 Å². The van der Waals surface area contributed by atoms with E-state index in [1.54, 1.807) is 18.2 Å². The predicted octanol–water partition coefficient (Wildman–Crippen LogP) is 3.79. The Labute approximate surface area is 118 Å². The van der Waals surface area contributed by atoms with Crippen LogP contribution in [0.4, 0.5) is 0 Å². The molecule has 0 heterocycles. The number of hydrogen-bond acceptors (Lipinski definition) is 1. The first kappa shape index (κ1) is 13.7. The van der Waals surface area contributed by atoms with E-state index in [-0.39, 0.29) is 11.3 Å². The molecule has 0 bridgehead atoms. The zero-order valence-electron chi connectivity index (χ0n) is 10.4. The lowest BCUT2D eigenvalue weighted by Crippen LogP contribution is -2.31. The minimum absolute atomic E-state index is 0.0455. The van der Waals surface area contributed by atoms with E-state index in [4.69, 9.17) is 23.2 Å². The van der Waals surface area contributed by atoms with Gasteiger partial charge in [-0.2, -0.15) is 0 Å². The van der Waals surface area contributed by atoms with Gasteiger partial charge in [-0.3, -0.25) is 4.79 Å². The summed E-state index contributed by atoms with van der Waals surface area (Å²) in [5, 5.41) is 3.63. The monoisotopic (exact) mass is 285 g/mol. The molecular formula is C14H17Cl2NO. The van der Waals surface area contributed by atoms with Crippen LogP contribution in [0.2, 0.25) is 5.02 Å². The average molecular weight is 286 g/mol. The van der Waals surface area contributed by atoms with Crippen LogP contribution < -0.4 is 5.32 Å². The van der Waals surface area contributed by atoms with Crippen molar-refractivity contribution in [2.75, 3.05) is 12.4 Å². The number of carbonyl (C=O) groups is 1. The van der Waals surface area contributed by atoms with Crippen LogP contribution in [-0.2, 0) is 0 Å². The van der Waals surface area contributed by atoms with Gasteiger partial charge < -0.3 is 5.32 Å². The number of hydrogen-bond donors (Lipinski definition) is 1. The molecule has 2 nitrogen and oxygen atoms in total. The molecule has 1 saturated carbocycles. The summed E-state index contributed by atoms with van der Waals surface area (Å²) in [6, 6.07) is 5.40. The Morgan fingerprint density at radius 1 is 1.44 bits per heavy atom. The molecule has 1 fully saturated rings. The molecule has 0 radical (unpaired) electrons. The Morgan fingerprint density at radius 2 is 2.17 bits per heavy atom. The van der Waals surface area contributed by atoms with E-state index in [9.17, 15) is 4.79 Å². The van der Waals surface area contributed by atoms with Gasteiger partial charge in [0.05, 0.1) is 0 Å². The second kappa shape index (κ2) is 5.50. The number of amides is 1. The summed E-state index contributed by atoms with van der Waals surface area (Å²) < 4.78 is 0. The number of alkyl halides is 1. The molecule has 0 saturated heterocycles. The van der Waals surface area contributed by atoms with Crippen LogP contribution in [0.5, 0.6) is 0 Å². The highest BCUT2D eigenvalue weighted by atomic mass is 35.5. The molecule has 0 atom stereocenters. The zero-order valence-corrected chi connectivity index (χ0v) is 11.9. The number of benzene rings is 1. The molecular weight excluding hydrogens is 269 g/mol. The van der Waals surface area contributed by atoms with Gasteiger partial charge >= 0.3 is 0 Å². The smallest absolute Gasteiger partial charge is 0.251 e. The summed E-state index contributed by atoms with van der Waals surface area (Å²) >= 11 is 11.8. The fraction of sp³-hybridized carbons (Fsp3) is 0.500. The minimum atomic E-state index is -0.0455. The summed E-state index contributed by atoms with van der Waals surface area (Å²) in [5.41, 5.74) is 1.74. The first-order valence-corrected chi connectivity index (χ1v) is 7.08. The van der Waals surface area contributed by atoms with Crippen LogP contribution in [0.3, 0.4) is 0 Å². The molecule has 1 aliphatic carbocycles. The Morgan fingerprint density at radius 3 is 2.78 bits per heavy atom. The van der Waals surface area contributed by atoms with Crippen molar-refractivity contribution in [1.82, 2.24) is 5.32 Å². The van der Waals surface area contributed by atoms with Crippen LogP contribution in [0, 0.1) is 12.3 Å². The molecule has 4 heteroatoms. The van der Waals surface area contributed by atoms with Crippen LogP contribution in [0.15, 0.2) is 18.2 Å². The van der Waals surface area contributed by atoms with Gasteiger partial charge in [-0.1, -0.05) is 17.7 Å². The van der Waals surface area contributed by atoms with Crippen molar-refractivity contribution in [2.45, 2.75) is 26.2 Å². The highest BCUT2D eigenvalue weighted by molar-refractivity contribution is 6.31. The molecule has 0 aliphatic heterocycles. The van der Waals surface area contributed by atoms with E-state index in [0.717, 1.165) is 24.8 Å². The maximum absolute atomic E-state index is 12.1. The summed E-state index contributed by atoms with van der Waals surface area (Å²) in [6.45, 7) is 2.58. The normalized spacial score (nSPS) is 16.4. The predicted molar refractivity (Wildman–Crippen MR) is 75.5 cm³/mol. The van der Waals surface area contributed by atoms with E-state index < -0.39 is 0 Å². The Hall–Kier alpha value is -0.730. The van der Waals surface area contributed by atoms with Crippen LogP contribution in [0.1, 0.15) is 35.2 Å². The maximum atomic E-state index is 12.1. The SMILES string of the molecule is Cc1c(Cl)cccc1C(=O)NCC1(CCCl)CC1. The lowest BCUT2D eigenvalue weighted by Gasteiger charge is -2.15. The Bertz CT molecular complexity index is 455. The van der Waals surface area contributed by atoms with Gasteiger partial charge in [-0.15, -0.1) is 11.6 Å². The topological polar surface area (TPSA) is 29.1 Å². The second-order valence-electron chi connectivity index (χ2n) is 5.03. The van der Waals surface area contributed by atoms with Crippen LogP contribution >= 0.6 is 23.2 Å². The first-order chi connectivity index (χ1) is 8.58. The van der Waals surface area contributed by atoms with Crippen molar-refractivity contribution < 1.29 is 4.79 Å². The van der Waals surface area contributed by atoms with Crippen molar-refractivity contribution in [3.05, 3.63) is 34.3 Å². The lowest BCUT2D eigenvalue weighted by molar-refractivity contribution is 0.0944. The third-order valence-corrected chi connectivity index (χ3v) is 4.32. The molecule has 0 aromatic heterocycles. The Balaban J connectivity index is 1.98. The molecule has 1 N–H and O–H groups in total. The maximum Gasteiger partial charge on any atom is 0.251 e. The molecule has 98 valence electrons. The number of rotatable bonds is 5. The van der Waals surface area contributed by atoms with E-state index in [0.29, 0.717) is 23.0 Å².